The van der Waals surface area contributed by atoms with Crippen LogP contribution in [0, 0.1) is 16.7 Å². The molecule has 0 aromatic heterocycles. The third-order valence-electron chi connectivity index (χ3n) is 5.33. The fourth-order valence-electron chi connectivity index (χ4n) is 4.35. The summed E-state index contributed by atoms with van der Waals surface area (Å²) in [5, 5.41) is 0. The summed E-state index contributed by atoms with van der Waals surface area (Å²) in [4.78, 5) is 0. The zero-order chi connectivity index (χ0) is 8.23. The zero-order valence-electron chi connectivity index (χ0n) is 8.23. The average molecular weight is 164 g/mol. The predicted octanol–water partition coefficient (Wildman–Crippen LogP) is 3.76. The molecule has 0 aromatic carbocycles. The van der Waals surface area contributed by atoms with E-state index in [0.29, 0.717) is 0 Å². The van der Waals surface area contributed by atoms with Crippen molar-refractivity contribution >= 4 is 0 Å². The number of rotatable bonds is 0. The lowest BCUT2D eigenvalue weighted by atomic mass is 9.71. The van der Waals surface area contributed by atoms with E-state index in [1.165, 1.54) is 25.2 Å². The highest BCUT2D eigenvalue weighted by Crippen LogP contribution is 2.76. The molecule has 0 saturated heterocycles. The maximum absolute atomic E-state index is 2.59. The van der Waals surface area contributed by atoms with Gasteiger partial charge in [0.15, 0.2) is 0 Å². The van der Waals surface area contributed by atoms with Gasteiger partial charge in [0.2, 0.25) is 0 Å². The van der Waals surface area contributed by atoms with Crippen molar-refractivity contribution in [2.24, 2.45) is 16.7 Å². The van der Waals surface area contributed by atoms with E-state index in [1.54, 1.807) is 32.1 Å². The molecule has 1 spiro atoms. The average Bonchev–Trinajstić information content (AvgIpc) is 2.74. The maximum atomic E-state index is 2.59. The smallest absolute Gasteiger partial charge is 0.0212 e. The van der Waals surface area contributed by atoms with E-state index in [9.17, 15) is 0 Å². The molecule has 3 atom stereocenters. The van der Waals surface area contributed by atoms with E-state index < -0.39 is 0 Å². The van der Waals surface area contributed by atoms with E-state index in [2.05, 4.69) is 6.92 Å². The summed E-state index contributed by atoms with van der Waals surface area (Å²) >= 11 is 0. The van der Waals surface area contributed by atoms with Gasteiger partial charge in [-0.2, -0.15) is 0 Å². The maximum Gasteiger partial charge on any atom is -0.0212 e. The second-order valence-corrected chi connectivity index (χ2v) is 5.72. The lowest BCUT2D eigenvalue weighted by Crippen LogP contribution is -2.24. The fourth-order valence-corrected chi connectivity index (χ4v) is 4.35. The van der Waals surface area contributed by atoms with Gasteiger partial charge >= 0.3 is 0 Å². The molecule has 0 aliphatic heterocycles. The van der Waals surface area contributed by atoms with Gasteiger partial charge in [-0.05, 0) is 48.9 Å². The molecule has 0 bridgehead atoms. The summed E-state index contributed by atoms with van der Waals surface area (Å²) in [6.07, 6.45) is 12.4. The van der Waals surface area contributed by atoms with Gasteiger partial charge in [0.1, 0.15) is 0 Å². The molecule has 68 valence electrons. The monoisotopic (exact) mass is 164 g/mol. The Labute approximate surface area is 75.7 Å². The first-order valence-electron chi connectivity index (χ1n) is 5.77. The van der Waals surface area contributed by atoms with E-state index in [4.69, 9.17) is 0 Å². The minimum Gasteiger partial charge on any atom is -0.0591 e. The topological polar surface area (TPSA) is 0 Å². The molecule has 0 amide bonds. The van der Waals surface area contributed by atoms with Crippen molar-refractivity contribution in [3.8, 4) is 0 Å². The van der Waals surface area contributed by atoms with Gasteiger partial charge in [0.25, 0.3) is 0 Å². The van der Waals surface area contributed by atoms with Crippen molar-refractivity contribution in [3.63, 3.8) is 0 Å². The molecule has 3 saturated carbocycles. The highest BCUT2D eigenvalue weighted by molar-refractivity contribution is 5.16. The van der Waals surface area contributed by atoms with Crippen LogP contribution in [0.15, 0.2) is 0 Å². The Hall–Kier alpha value is 0. The molecule has 3 unspecified atom stereocenters. The lowest BCUT2D eigenvalue weighted by Gasteiger charge is -2.33. The second-order valence-electron chi connectivity index (χ2n) is 5.72. The van der Waals surface area contributed by atoms with Gasteiger partial charge in [-0.15, -0.1) is 0 Å². The SMILES string of the molecule is CC12CCCCCC13CC3CC2. The molecule has 0 aromatic rings. The number of hydrogen-bond acceptors (Lipinski definition) is 0. The van der Waals surface area contributed by atoms with Crippen LogP contribution in [0.25, 0.3) is 0 Å². The third kappa shape index (κ3) is 0.701. The van der Waals surface area contributed by atoms with Gasteiger partial charge < -0.3 is 0 Å². The molecular weight excluding hydrogens is 144 g/mol. The van der Waals surface area contributed by atoms with Crippen LogP contribution >= 0.6 is 0 Å². The molecule has 3 aliphatic carbocycles. The minimum atomic E-state index is 0.786. The van der Waals surface area contributed by atoms with Gasteiger partial charge in [-0.3, -0.25) is 0 Å². The summed E-state index contributed by atoms with van der Waals surface area (Å²) in [5.41, 5.74) is 1.66. The first kappa shape index (κ1) is 7.41. The molecular formula is C12H20. The summed E-state index contributed by atoms with van der Waals surface area (Å²) in [7, 11) is 0. The van der Waals surface area contributed by atoms with Crippen molar-refractivity contribution in [1.82, 2.24) is 0 Å². The van der Waals surface area contributed by atoms with Crippen LogP contribution in [0.1, 0.15) is 58.3 Å². The Bertz CT molecular complexity index is 202. The molecule has 12 heavy (non-hydrogen) atoms. The highest BCUT2D eigenvalue weighted by atomic mass is 14.7. The summed E-state index contributed by atoms with van der Waals surface area (Å²) in [5.74, 6) is 1.17. The van der Waals surface area contributed by atoms with Crippen molar-refractivity contribution in [2.75, 3.05) is 0 Å². The summed E-state index contributed by atoms with van der Waals surface area (Å²) in [6.45, 7) is 2.59. The molecule has 3 rings (SSSR count). The second kappa shape index (κ2) is 2.08. The van der Waals surface area contributed by atoms with Crippen LogP contribution in [-0.2, 0) is 0 Å². The van der Waals surface area contributed by atoms with Crippen LogP contribution in [0.3, 0.4) is 0 Å². The Morgan fingerprint density at radius 2 is 1.83 bits per heavy atom. The standard InChI is InChI=1S/C12H20/c1-11-6-3-2-4-7-12(11)9-10(12)5-8-11/h10H,2-9H2,1H3. The van der Waals surface area contributed by atoms with Crippen LogP contribution in [0.4, 0.5) is 0 Å². The lowest BCUT2D eigenvalue weighted by molar-refractivity contribution is 0.163. The Balaban J connectivity index is 1.94. The molecule has 3 aliphatic rings. The van der Waals surface area contributed by atoms with Crippen LogP contribution in [0.5, 0.6) is 0 Å². The van der Waals surface area contributed by atoms with Crippen molar-refractivity contribution in [1.29, 1.82) is 0 Å². The molecule has 0 N–H and O–H groups in total. The summed E-state index contributed by atoms with van der Waals surface area (Å²) < 4.78 is 0. The Morgan fingerprint density at radius 3 is 2.67 bits per heavy atom. The third-order valence-corrected chi connectivity index (χ3v) is 5.33. The molecule has 0 heterocycles. The van der Waals surface area contributed by atoms with E-state index in [0.717, 1.165) is 10.8 Å². The van der Waals surface area contributed by atoms with Gasteiger partial charge in [0, 0.05) is 0 Å². The van der Waals surface area contributed by atoms with E-state index >= 15 is 0 Å². The number of hydrogen-bond donors (Lipinski definition) is 0. The molecule has 0 radical (unpaired) electrons. The summed E-state index contributed by atoms with van der Waals surface area (Å²) in [6, 6.07) is 0. The molecule has 3 fully saturated rings. The van der Waals surface area contributed by atoms with Crippen LogP contribution < -0.4 is 0 Å². The van der Waals surface area contributed by atoms with E-state index in [-0.39, 0.29) is 0 Å². The van der Waals surface area contributed by atoms with Gasteiger partial charge in [-0.1, -0.05) is 26.2 Å². The van der Waals surface area contributed by atoms with Crippen molar-refractivity contribution in [2.45, 2.75) is 58.3 Å². The fraction of sp³-hybridized carbons (Fsp3) is 1.00. The zero-order valence-corrected chi connectivity index (χ0v) is 8.23. The first-order chi connectivity index (χ1) is 5.77. The van der Waals surface area contributed by atoms with Gasteiger partial charge in [0.05, 0.1) is 0 Å². The highest BCUT2D eigenvalue weighted by Gasteiger charge is 2.67. The first-order valence-corrected chi connectivity index (χ1v) is 5.77. The predicted molar refractivity (Wildman–Crippen MR) is 51.0 cm³/mol. The minimum absolute atomic E-state index is 0.786. The normalized spacial score (nSPS) is 57.2. The largest absolute Gasteiger partial charge is 0.0591 e. The Morgan fingerprint density at radius 1 is 1.00 bits per heavy atom. The van der Waals surface area contributed by atoms with Crippen molar-refractivity contribution in [3.05, 3.63) is 0 Å². The van der Waals surface area contributed by atoms with Gasteiger partial charge in [-0.25, -0.2) is 0 Å². The molecule has 0 nitrogen and oxygen atoms in total. The van der Waals surface area contributed by atoms with Crippen LogP contribution in [-0.4, -0.2) is 0 Å². The Kier molecular flexibility index (Phi) is 1.28. The molecule has 0 heteroatoms. The van der Waals surface area contributed by atoms with Crippen molar-refractivity contribution < 1.29 is 0 Å². The quantitative estimate of drug-likeness (QED) is 0.511. The van der Waals surface area contributed by atoms with E-state index in [1.807, 2.05) is 0 Å². The van der Waals surface area contributed by atoms with Crippen LogP contribution in [0.2, 0.25) is 0 Å².